The number of carbonyl (C=O) groups excluding carboxylic acids is 2. The minimum absolute atomic E-state index is 0.0521. The number of amides is 1. The molecule has 2 unspecified atom stereocenters. The van der Waals surface area contributed by atoms with Gasteiger partial charge < -0.3 is 10.2 Å². The Balaban J connectivity index is 2.07. The van der Waals surface area contributed by atoms with Crippen molar-refractivity contribution in [2.75, 3.05) is 27.2 Å². The van der Waals surface area contributed by atoms with Gasteiger partial charge in [0.05, 0.1) is 5.92 Å². The Morgan fingerprint density at radius 1 is 1.14 bits per heavy atom. The Morgan fingerprint density at radius 3 is 2.24 bits per heavy atom. The lowest BCUT2D eigenvalue weighted by Gasteiger charge is -2.31. The van der Waals surface area contributed by atoms with Crippen molar-refractivity contribution < 1.29 is 9.59 Å². The van der Waals surface area contributed by atoms with Gasteiger partial charge in [-0.25, -0.2) is 0 Å². The van der Waals surface area contributed by atoms with E-state index in [-0.39, 0.29) is 40.8 Å². The summed E-state index contributed by atoms with van der Waals surface area (Å²) >= 11 is 0. The van der Waals surface area contributed by atoms with Crippen LogP contribution in [-0.4, -0.2) is 43.8 Å². The van der Waals surface area contributed by atoms with Crippen LogP contribution in [0.4, 0.5) is 0 Å². The van der Waals surface area contributed by atoms with Gasteiger partial charge in [-0.05, 0) is 32.4 Å². The fourth-order valence-electron chi connectivity index (χ4n) is 3.56. The predicted octanol–water partition coefficient (Wildman–Crippen LogP) is 1.72. The van der Waals surface area contributed by atoms with Crippen molar-refractivity contribution in [3.63, 3.8) is 0 Å². The zero-order valence-corrected chi connectivity index (χ0v) is 13.8. The van der Waals surface area contributed by atoms with E-state index < -0.39 is 0 Å². The standard InChI is InChI=1S/C17H28N2O2/c1-17(2,3)15(20)13-11-6-7-12(10-11)14(13)16(21)18-8-9-19(4)5/h6-7,11-14H,8-10H2,1-5H3,(H,18,21)/t11?,12?,13-,14+/m0/s1. The van der Waals surface area contributed by atoms with E-state index >= 15 is 0 Å². The second-order valence-electron chi connectivity index (χ2n) is 7.71. The molecule has 4 atom stereocenters. The van der Waals surface area contributed by atoms with Crippen LogP contribution in [0.5, 0.6) is 0 Å². The van der Waals surface area contributed by atoms with Crippen molar-refractivity contribution in [1.29, 1.82) is 0 Å². The van der Waals surface area contributed by atoms with Crippen LogP contribution in [0, 0.1) is 29.1 Å². The Labute approximate surface area is 128 Å². The van der Waals surface area contributed by atoms with Gasteiger partial charge in [0.25, 0.3) is 0 Å². The van der Waals surface area contributed by atoms with Gasteiger partial charge in [-0.2, -0.15) is 0 Å². The second-order valence-corrected chi connectivity index (χ2v) is 7.71. The molecule has 0 aromatic rings. The number of likely N-dealkylation sites (N-methyl/N-ethyl adjacent to an activating group) is 1. The van der Waals surface area contributed by atoms with E-state index in [4.69, 9.17) is 0 Å². The fourth-order valence-corrected chi connectivity index (χ4v) is 3.56. The topological polar surface area (TPSA) is 49.4 Å². The van der Waals surface area contributed by atoms with Gasteiger partial charge in [-0.15, -0.1) is 0 Å². The summed E-state index contributed by atoms with van der Waals surface area (Å²) in [7, 11) is 3.97. The van der Waals surface area contributed by atoms with Crippen LogP contribution in [0.2, 0.25) is 0 Å². The molecule has 118 valence electrons. The first kappa shape index (κ1) is 16.2. The van der Waals surface area contributed by atoms with Crippen LogP contribution in [0.1, 0.15) is 27.2 Å². The molecule has 1 amide bonds. The van der Waals surface area contributed by atoms with Crippen LogP contribution in [0.25, 0.3) is 0 Å². The minimum atomic E-state index is -0.384. The van der Waals surface area contributed by atoms with E-state index in [0.717, 1.165) is 13.0 Å². The summed E-state index contributed by atoms with van der Waals surface area (Å²) in [6.45, 7) is 7.31. The van der Waals surface area contributed by atoms with Gasteiger partial charge in [0, 0.05) is 24.4 Å². The maximum Gasteiger partial charge on any atom is 0.224 e. The van der Waals surface area contributed by atoms with Gasteiger partial charge in [0.2, 0.25) is 5.91 Å². The Morgan fingerprint density at radius 2 is 1.71 bits per heavy atom. The minimum Gasteiger partial charge on any atom is -0.355 e. The van der Waals surface area contributed by atoms with E-state index in [1.807, 2.05) is 39.8 Å². The van der Waals surface area contributed by atoms with Crippen molar-refractivity contribution in [3.05, 3.63) is 12.2 Å². The number of rotatable bonds is 5. The van der Waals surface area contributed by atoms with Crippen molar-refractivity contribution in [1.82, 2.24) is 10.2 Å². The summed E-state index contributed by atoms with van der Waals surface area (Å²) in [6.07, 6.45) is 5.23. The monoisotopic (exact) mass is 292 g/mol. The predicted molar refractivity (Wildman–Crippen MR) is 83.7 cm³/mol. The highest BCUT2D eigenvalue weighted by Gasteiger charge is 2.52. The first-order chi connectivity index (χ1) is 9.71. The Hall–Kier alpha value is -1.16. The molecule has 0 aromatic carbocycles. The smallest absolute Gasteiger partial charge is 0.224 e. The van der Waals surface area contributed by atoms with Crippen LogP contribution >= 0.6 is 0 Å². The van der Waals surface area contributed by atoms with Gasteiger partial charge >= 0.3 is 0 Å². The molecule has 0 aromatic heterocycles. The highest BCUT2D eigenvalue weighted by atomic mass is 16.2. The number of nitrogens with zero attached hydrogens (tertiary/aromatic N) is 1. The summed E-state index contributed by atoms with van der Waals surface area (Å²) in [5, 5.41) is 3.01. The zero-order valence-electron chi connectivity index (χ0n) is 13.8. The molecule has 1 saturated carbocycles. The summed E-state index contributed by atoms with van der Waals surface area (Å²) in [4.78, 5) is 27.3. The molecule has 2 bridgehead atoms. The highest BCUT2D eigenvalue weighted by Crippen LogP contribution is 2.50. The number of allylic oxidation sites excluding steroid dienone is 2. The first-order valence-corrected chi connectivity index (χ1v) is 7.87. The van der Waals surface area contributed by atoms with Crippen LogP contribution in [0.3, 0.4) is 0 Å². The molecule has 4 heteroatoms. The third-order valence-corrected chi connectivity index (χ3v) is 4.66. The Bertz CT molecular complexity index is 448. The average molecular weight is 292 g/mol. The normalized spacial score (nSPS) is 31.0. The van der Waals surface area contributed by atoms with E-state index in [9.17, 15) is 9.59 Å². The maximum atomic E-state index is 12.7. The number of carbonyl (C=O) groups is 2. The maximum absolute atomic E-state index is 12.7. The van der Waals surface area contributed by atoms with Gasteiger partial charge in [0.15, 0.2) is 0 Å². The molecule has 0 heterocycles. The van der Waals surface area contributed by atoms with Gasteiger partial charge in [0.1, 0.15) is 5.78 Å². The fraction of sp³-hybridized carbons (Fsp3) is 0.765. The quantitative estimate of drug-likeness (QED) is 0.785. The molecule has 21 heavy (non-hydrogen) atoms. The first-order valence-electron chi connectivity index (χ1n) is 7.87. The lowest BCUT2D eigenvalue weighted by atomic mass is 9.72. The number of hydrogen-bond acceptors (Lipinski definition) is 3. The lowest BCUT2D eigenvalue weighted by molar-refractivity contribution is -0.138. The number of nitrogens with one attached hydrogen (secondary N) is 1. The van der Waals surface area contributed by atoms with Crippen molar-refractivity contribution in [2.45, 2.75) is 27.2 Å². The molecule has 2 aliphatic rings. The molecule has 0 aliphatic heterocycles. The zero-order chi connectivity index (χ0) is 15.8. The summed E-state index contributed by atoms with van der Waals surface area (Å²) in [5.74, 6) is 0.466. The van der Waals surface area contributed by atoms with E-state index in [0.29, 0.717) is 6.54 Å². The molecule has 2 aliphatic carbocycles. The SMILES string of the molecule is CN(C)CCNC(=O)[C@@H]1C2C=CC(C2)[C@@H]1C(=O)C(C)(C)C. The van der Waals surface area contributed by atoms with Crippen LogP contribution in [-0.2, 0) is 9.59 Å². The molecular weight excluding hydrogens is 264 g/mol. The van der Waals surface area contributed by atoms with Crippen molar-refractivity contribution >= 4 is 11.7 Å². The highest BCUT2D eigenvalue weighted by molar-refractivity contribution is 5.93. The third-order valence-electron chi connectivity index (χ3n) is 4.66. The second kappa shape index (κ2) is 5.91. The molecule has 4 nitrogen and oxygen atoms in total. The lowest BCUT2D eigenvalue weighted by Crippen LogP contribution is -2.44. The Kier molecular flexibility index (Phi) is 4.57. The molecular formula is C17H28N2O2. The molecule has 0 spiro atoms. The van der Waals surface area contributed by atoms with Crippen molar-refractivity contribution in [2.24, 2.45) is 29.1 Å². The molecule has 1 N–H and O–H groups in total. The molecule has 0 saturated heterocycles. The van der Waals surface area contributed by atoms with Gasteiger partial charge in [-0.3, -0.25) is 9.59 Å². The van der Waals surface area contributed by atoms with E-state index in [1.165, 1.54) is 0 Å². The summed E-state index contributed by atoms with van der Waals surface area (Å²) < 4.78 is 0. The molecule has 1 fully saturated rings. The summed E-state index contributed by atoms with van der Waals surface area (Å²) in [5.41, 5.74) is -0.384. The number of fused-ring (bicyclic) bond motifs is 2. The van der Waals surface area contributed by atoms with E-state index in [1.54, 1.807) is 0 Å². The average Bonchev–Trinajstić information content (AvgIpc) is 2.95. The largest absolute Gasteiger partial charge is 0.355 e. The number of ketones is 1. The van der Waals surface area contributed by atoms with E-state index in [2.05, 4.69) is 17.5 Å². The van der Waals surface area contributed by atoms with Crippen LogP contribution < -0.4 is 5.32 Å². The molecule has 0 radical (unpaired) electrons. The third kappa shape index (κ3) is 3.37. The molecule has 2 rings (SSSR count). The number of hydrogen-bond donors (Lipinski definition) is 1. The van der Waals surface area contributed by atoms with Gasteiger partial charge in [-0.1, -0.05) is 32.9 Å². The summed E-state index contributed by atoms with van der Waals surface area (Å²) in [6, 6.07) is 0. The number of Topliss-reactive ketones (excluding diaryl/α,β-unsaturated/α-hetero) is 1. The van der Waals surface area contributed by atoms with Crippen molar-refractivity contribution in [3.8, 4) is 0 Å². The van der Waals surface area contributed by atoms with Crippen LogP contribution in [0.15, 0.2) is 12.2 Å².